The lowest BCUT2D eigenvalue weighted by Crippen LogP contribution is -2.51. The first-order chi connectivity index (χ1) is 12.1. The van der Waals surface area contributed by atoms with E-state index in [4.69, 9.17) is 9.47 Å². The number of benzene rings is 1. The monoisotopic (exact) mass is 347 g/mol. The number of methoxy groups -OCH3 is 1. The fourth-order valence-corrected chi connectivity index (χ4v) is 3.42. The van der Waals surface area contributed by atoms with E-state index in [1.165, 1.54) is 0 Å². The van der Waals surface area contributed by atoms with Crippen molar-refractivity contribution in [2.24, 2.45) is 0 Å². The highest BCUT2D eigenvalue weighted by Gasteiger charge is 2.37. The maximum atomic E-state index is 12.3. The van der Waals surface area contributed by atoms with Crippen molar-refractivity contribution >= 4 is 12.1 Å². The van der Waals surface area contributed by atoms with E-state index in [9.17, 15) is 9.59 Å². The summed E-state index contributed by atoms with van der Waals surface area (Å²) in [6.45, 7) is 4.24. The van der Waals surface area contributed by atoms with Gasteiger partial charge in [0.1, 0.15) is 12.4 Å². The third kappa shape index (κ3) is 3.97. The van der Waals surface area contributed by atoms with Crippen LogP contribution in [0.15, 0.2) is 24.3 Å². The molecule has 2 aliphatic rings. The molecule has 0 aromatic heterocycles. The number of urea groups is 1. The molecule has 2 fully saturated rings. The molecule has 3 amide bonds. The number of nitrogens with one attached hydrogen (secondary N) is 1. The number of nitrogens with zero attached hydrogens (tertiary/aromatic N) is 2. The molecule has 1 aromatic rings. The van der Waals surface area contributed by atoms with E-state index in [0.717, 1.165) is 24.2 Å². The van der Waals surface area contributed by atoms with Crippen LogP contribution < -0.4 is 10.1 Å². The second-order valence-electron chi connectivity index (χ2n) is 6.56. The normalized spacial score (nSPS) is 21.2. The Bertz CT molecular complexity index is 611. The quantitative estimate of drug-likeness (QED) is 0.906. The van der Waals surface area contributed by atoms with E-state index < -0.39 is 0 Å². The number of piperidine rings is 1. The molecule has 136 valence electrons. The molecule has 3 rings (SSSR count). The topological polar surface area (TPSA) is 71.1 Å². The molecule has 1 unspecified atom stereocenters. The molecule has 2 saturated heterocycles. The zero-order chi connectivity index (χ0) is 17.8. The van der Waals surface area contributed by atoms with E-state index in [-0.39, 0.29) is 24.2 Å². The Kier molecular flexibility index (Phi) is 5.31. The van der Waals surface area contributed by atoms with Gasteiger partial charge in [0.2, 0.25) is 0 Å². The average molecular weight is 347 g/mol. The van der Waals surface area contributed by atoms with Gasteiger partial charge < -0.3 is 19.7 Å². The minimum atomic E-state index is -0.227. The van der Waals surface area contributed by atoms with Gasteiger partial charge in [-0.15, -0.1) is 0 Å². The largest absolute Gasteiger partial charge is 0.497 e. The Labute approximate surface area is 147 Å². The predicted molar refractivity (Wildman–Crippen MR) is 92.5 cm³/mol. The van der Waals surface area contributed by atoms with E-state index in [2.05, 4.69) is 5.32 Å². The Morgan fingerprint density at radius 1 is 1.28 bits per heavy atom. The molecule has 25 heavy (non-hydrogen) atoms. The zero-order valence-electron chi connectivity index (χ0n) is 14.7. The van der Waals surface area contributed by atoms with Crippen molar-refractivity contribution in [1.29, 1.82) is 0 Å². The first kappa shape index (κ1) is 17.4. The lowest BCUT2D eigenvalue weighted by molar-refractivity contribution is 0.115. The minimum absolute atomic E-state index is 0.0636. The third-order valence-electron chi connectivity index (χ3n) is 4.88. The Morgan fingerprint density at radius 3 is 2.52 bits per heavy atom. The minimum Gasteiger partial charge on any atom is -0.497 e. The molecular formula is C18H25N3O4. The smallest absolute Gasteiger partial charge is 0.410 e. The number of carbonyl (C=O) groups excluding carboxylic acids is 2. The Morgan fingerprint density at radius 2 is 1.96 bits per heavy atom. The van der Waals surface area contributed by atoms with Crippen LogP contribution in [-0.4, -0.2) is 60.8 Å². The van der Waals surface area contributed by atoms with Crippen molar-refractivity contribution in [3.8, 4) is 5.75 Å². The zero-order valence-corrected chi connectivity index (χ0v) is 14.7. The van der Waals surface area contributed by atoms with E-state index in [0.29, 0.717) is 26.2 Å². The maximum Gasteiger partial charge on any atom is 0.410 e. The SMILES string of the molecule is COc1ccc(CNC(=O)N2CCC(N3C(=O)OCC3C)CC2)cc1. The van der Waals surface area contributed by atoms with Crippen LogP contribution >= 0.6 is 0 Å². The van der Waals surface area contributed by atoms with Gasteiger partial charge in [0.25, 0.3) is 0 Å². The summed E-state index contributed by atoms with van der Waals surface area (Å²) < 4.78 is 10.2. The van der Waals surface area contributed by atoms with Gasteiger partial charge in [-0.1, -0.05) is 12.1 Å². The molecule has 0 aliphatic carbocycles. The van der Waals surface area contributed by atoms with E-state index in [1.807, 2.05) is 41.0 Å². The summed E-state index contributed by atoms with van der Waals surface area (Å²) in [7, 11) is 1.63. The number of hydrogen-bond acceptors (Lipinski definition) is 4. The standard InChI is InChI=1S/C18H25N3O4/c1-13-12-25-18(23)21(13)15-7-9-20(10-8-15)17(22)19-11-14-3-5-16(24-2)6-4-14/h3-6,13,15H,7-12H2,1-2H3,(H,19,22). The number of carbonyl (C=O) groups is 2. The van der Waals surface area contributed by atoms with Crippen LogP contribution in [0.5, 0.6) is 5.75 Å². The molecule has 1 aromatic carbocycles. The Balaban J connectivity index is 1.45. The number of likely N-dealkylation sites (tertiary alicyclic amines) is 1. The molecule has 0 spiro atoms. The molecule has 2 heterocycles. The van der Waals surface area contributed by atoms with Crippen LogP contribution in [0.3, 0.4) is 0 Å². The second-order valence-corrected chi connectivity index (χ2v) is 6.56. The molecule has 7 heteroatoms. The fourth-order valence-electron chi connectivity index (χ4n) is 3.42. The summed E-state index contributed by atoms with van der Waals surface area (Å²) in [5.41, 5.74) is 1.03. The van der Waals surface area contributed by atoms with Crippen molar-refractivity contribution in [2.75, 3.05) is 26.8 Å². The molecule has 1 N–H and O–H groups in total. The summed E-state index contributed by atoms with van der Waals surface area (Å²) >= 11 is 0. The van der Waals surface area contributed by atoms with Crippen molar-refractivity contribution in [3.63, 3.8) is 0 Å². The first-order valence-corrected chi connectivity index (χ1v) is 8.69. The predicted octanol–water partition coefficient (Wildman–Crippen LogP) is 2.21. The van der Waals surface area contributed by atoms with Crippen molar-refractivity contribution in [1.82, 2.24) is 15.1 Å². The van der Waals surface area contributed by atoms with Crippen molar-refractivity contribution in [3.05, 3.63) is 29.8 Å². The highest BCUT2D eigenvalue weighted by atomic mass is 16.6. The van der Waals surface area contributed by atoms with Crippen LogP contribution in [-0.2, 0) is 11.3 Å². The summed E-state index contributed by atoms with van der Waals surface area (Å²) in [5.74, 6) is 0.798. The number of ether oxygens (including phenoxy) is 2. The van der Waals surface area contributed by atoms with Gasteiger partial charge in [0, 0.05) is 25.7 Å². The van der Waals surface area contributed by atoms with Crippen molar-refractivity contribution in [2.45, 2.75) is 38.4 Å². The lowest BCUT2D eigenvalue weighted by atomic mass is 10.0. The van der Waals surface area contributed by atoms with E-state index >= 15 is 0 Å². The summed E-state index contributed by atoms with van der Waals surface area (Å²) in [4.78, 5) is 27.8. The van der Waals surface area contributed by atoms with Gasteiger partial charge in [-0.05, 0) is 37.5 Å². The third-order valence-corrected chi connectivity index (χ3v) is 4.88. The van der Waals surface area contributed by atoms with Crippen LogP contribution in [0, 0.1) is 0 Å². The number of cyclic esters (lactones) is 1. The summed E-state index contributed by atoms with van der Waals surface area (Å²) in [5, 5.41) is 2.95. The van der Waals surface area contributed by atoms with E-state index in [1.54, 1.807) is 7.11 Å². The van der Waals surface area contributed by atoms with Gasteiger partial charge in [0.15, 0.2) is 0 Å². The summed E-state index contributed by atoms with van der Waals surface area (Å²) in [6, 6.07) is 7.85. The fraction of sp³-hybridized carbons (Fsp3) is 0.556. The van der Waals surface area contributed by atoms with Gasteiger partial charge in [-0.2, -0.15) is 0 Å². The molecule has 0 bridgehead atoms. The van der Waals surface area contributed by atoms with Crippen LogP contribution in [0.1, 0.15) is 25.3 Å². The summed E-state index contributed by atoms with van der Waals surface area (Å²) in [6.07, 6.45) is 1.35. The highest BCUT2D eigenvalue weighted by Crippen LogP contribution is 2.23. The van der Waals surface area contributed by atoms with Gasteiger partial charge in [-0.3, -0.25) is 4.90 Å². The van der Waals surface area contributed by atoms with Crippen LogP contribution in [0.4, 0.5) is 9.59 Å². The van der Waals surface area contributed by atoms with Crippen molar-refractivity contribution < 1.29 is 19.1 Å². The molecule has 7 nitrogen and oxygen atoms in total. The lowest BCUT2D eigenvalue weighted by Gasteiger charge is -2.37. The van der Waals surface area contributed by atoms with Crippen LogP contribution in [0.2, 0.25) is 0 Å². The number of amides is 3. The van der Waals surface area contributed by atoms with Gasteiger partial charge in [-0.25, -0.2) is 9.59 Å². The first-order valence-electron chi connectivity index (χ1n) is 8.69. The molecule has 0 radical (unpaired) electrons. The maximum absolute atomic E-state index is 12.3. The molecule has 0 saturated carbocycles. The van der Waals surface area contributed by atoms with Gasteiger partial charge >= 0.3 is 12.1 Å². The van der Waals surface area contributed by atoms with Crippen LogP contribution in [0.25, 0.3) is 0 Å². The molecular weight excluding hydrogens is 322 g/mol. The second kappa shape index (κ2) is 7.63. The highest BCUT2D eigenvalue weighted by molar-refractivity contribution is 5.74. The number of hydrogen-bond donors (Lipinski definition) is 1. The molecule has 1 atom stereocenters. The van der Waals surface area contributed by atoms with Gasteiger partial charge in [0.05, 0.1) is 13.2 Å². The Hall–Kier alpha value is -2.44. The average Bonchev–Trinajstić information content (AvgIpc) is 2.98. The number of rotatable bonds is 4. The molecule has 2 aliphatic heterocycles.